The molecule has 0 aromatic rings. The van der Waals surface area contributed by atoms with Crippen LogP contribution in [0.15, 0.2) is 0 Å². The van der Waals surface area contributed by atoms with Crippen LogP contribution in [0.1, 0.15) is 0 Å². The van der Waals surface area contributed by atoms with E-state index in [9.17, 15) is 0 Å². The Labute approximate surface area is 134 Å². The van der Waals surface area contributed by atoms with Crippen LogP contribution in [0, 0.1) is 53.3 Å². The summed E-state index contributed by atoms with van der Waals surface area (Å²) in [5.41, 5.74) is 0. The van der Waals surface area contributed by atoms with Crippen molar-refractivity contribution in [3.05, 3.63) is 0 Å². The average Bonchev–Trinajstić information content (AvgIpc) is 2.09. The minimum atomic E-state index is 0. The topological polar surface area (TPSA) is 119 Å². The summed E-state index contributed by atoms with van der Waals surface area (Å²) < 4.78 is 0. The molecule has 0 N–H and O–H groups in total. The molecule has 0 aliphatic heterocycles. The van der Waals surface area contributed by atoms with Gasteiger partial charge >= 0.3 is 0 Å². The maximum absolute atomic E-state index is 7.13. The Kier molecular flexibility index (Phi) is 323. The van der Waals surface area contributed by atoms with Gasteiger partial charge in [-0.2, -0.15) is 0 Å². The van der Waals surface area contributed by atoms with E-state index in [4.69, 9.17) is 26.3 Å². The Hall–Kier alpha value is -0.866. The molecule has 0 aliphatic carbocycles. The first-order chi connectivity index (χ1) is 7.07. The second-order valence-electron chi connectivity index (χ2n) is 0.456. The smallest absolute Gasteiger partial charge is 0 e. The van der Waals surface area contributed by atoms with Gasteiger partial charge < -0.3 is 63.1 Å². The first-order valence-electron chi connectivity index (χ1n) is 2.14. The van der Waals surface area contributed by atoms with Crippen molar-refractivity contribution >= 4 is 63.1 Å². The fourth-order valence-electron chi connectivity index (χ4n) is 0. The summed E-state index contributed by atoms with van der Waals surface area (Å²) >= 11 is 18.5. The van der Waals surface area contributed by atoms with E-state index in [2.05, 4.69) is 63.1 Å². The normalized spacial score (nSPS) is 2.19. The quantitative estimate of drug-likeness (QED) is 0.442. The maximum Gasteiger partial charge on any atom is 0 e. The van der Waals surface area contributed by atoms with Gasteiger partial charge in [0.2, 0.25) is 0 Å². The van der Waals surface area contributed by atoms with Crippen molar-refractivity contribution < 1.29 is 18.6 Å². The second-order valence-corrected chi connectivity index (χ2v) is 1.37. The number of hydrogen-bond acceptors (Lipinski definition) is 10. The van der Waals surface area contributed by atoms with E-state index in [0.717, 1.165) is 0 Å². The Morgan fingerprint density at radius 3 is 0.438 bits per heavy atom. The molecule has 0 atom stereocenters. The fourth-order valence-corrected chi connectivity index (χ4v) is 0. The molecular formula is C5N5S5V-5. The van der Waals surface area contributed by atoms with Crippen molar-refractivity contribution in [2.75, 3.05) is 0 Å². The van der Waals surface area contributed by atoms with Crippen molar-refractivity contribution in [2.24, 2.45) is 0 Å². The Morgan fingerprint density at radius 2 is 0.438 bits per heavy atom. The van der Waals surface area contributed by atoms with Crippen LogP contribution in [0.4, 0.5) is 0 Å². The molecule has 0 unspecified atom stereocenters. The van der Waals surface area contributed by atoms with Gasteiger partial charge in [0.25, 0.3) is 0 Å². The van der Waals surface area contributed by atoms with Crippen LogP contribution in [-0.4, -0.2) is 0 Å². The molecule has 0 aromatic heterocycles. The number of hydrogen-bond donors (Lipinski definition) is 0. The van der Waals surface area contributed by atoms with Gasteiger partial charge in [0.05, 0.1) is 0 Å². The van der Waals surface area contributed by atoms with E-state index in [-0.39, 0.29) is 18.6 Å². The molecule has 1 radical (unpaired) electrons. The zero-order valence-corrected chi connectivity index (χ0v) is 12.7. The van der Waals surface area contributed by atoms with Gasteiger partial charge in [-0.3, -0.25) is 0 Å². The van der Waals surface area contributed by atoms with Gasteiger partial charge in [0.1, 0.15) is 0 Å². The molecule has 5 nitrogen and oxygen atoms in total. The third-order valence-electron chi connectivity index (χ3n) is 0. The summed E-state index contributed by atoms with van der Waals surface area (Å²) in [6, 6.07) is 0. The van der Waals surface area contributed by atoms with Gasteiger partial charge in [-0.1, -0.05) is 27.0 Å². The van der Waals surface area contributed by atoms with Gasteiger partial charge in [0.15, 0.2) is 0 Å². The van der Waals surface area contributed by atoms with Crippen LogP contribution in [0.25, 0.3) is 0 Å². The first-order valence-corrected chi connectivity index (χ1v) is 4.18. The molecule has 0 spiro atoms. The number of nitriles is 5. The monoisotopic (exact) mass is 341 g/mol. The van der Waals surface area contributed by atoms with Crippen molar-refractivity contribution in [1.82, 2.24) is 0 Å². The first kappa shape index (κ1) is 36.2. The third-order valence-corrected chi connectivity index (χ3v) is 0. The number of rotatable bonds is 0. The second kappa shape index (κ2) is 143. The summed E-state index contributed by atoms with van der Waals surface area (Å²) in [5.74, 6) is 0. The maximum atomic E-state index is 7.13. The predicted molar refractivity (Wildman–Crippen MR) is 64.9 cm³/mol. The molecule has 0 fully saturated rings. The summed E-state index contributed by atoms with van der Waals surface area (Å²) in [6.07, 6.45) is 0. The summed E-state index contributed by atoms with van der Waals surface area (Å²) in [5, 5.41) is 42.3. The van der Waals surface area contributed by atoms with Crippen LogP contribution in [0.3, 0.4) is 0 Å². The van der Waals surface area contributed by atoms with Gasteiger partial charge in [-0.25, -0.2) is 26.3 Å². The van der Waals surface area contributed by atoms with Gasteiger partial charge in [-0.05, 0) is 0 Å². The van der Waals surface area contributed by atoms with E-state index in [1.54, 1.807) is 0 Å². The molecule has 0 aromatic carbocycles. The van der Waals surface area contributed by atoms with Crippen molar-refractivity contribution in [2.45, 2.75) is 0 Å². The largest absolute Gasteiger partial charge is 0.696 e. The van der Waals surface area contributed by atoms with Crippen LogP contribution in [-0.2, 0) is 81.7 Å². The average molecular weight is 341 g/mol. The predicted octanol–water partition coefficient (Wildman–Crippen LogP) is 0.0694. The van der Waals surface area contributed by atoms with E-state index < -0.39 is 0 Å². The molecule has 16 heavy (non-hydrogen) atoms. The van der Waals surface area contributed by atoms with Gasteiger partial charge in [0, 0.05) is 18.6 Å². The van der Waals surface area contributed by atoms with Crippen LogP contribution < -0.4 is 0 Å². The molecule has 0 bridgehead atoms. The molecular weight excluding hydrogens is 341 g/mol. The summed E-state index contributed by atoms with van der Waals surface area (Å²) in [6.45, 7) is 0. The van der Waals surface area contributed by atoms with E-state index in [1.165, 1.54) is 27.0 Å². The van der Waals surface area contributed by atoms with Crippen molar-refractivity contribution in [1.29, 1.82) is 26.3 Å². The summed E-state index contributed by atoms with van der Waals surface area (Å²) in [7, 11) is 0. The third kappa shape index (κ3) is 2580. The zero-order chi connectivity index (χ0) is 13.5. The summed E-state index contributed by atoms with van der Waals surface area (Å²) in [4.78, 5) is 0. The van der Waals surface area contributed by atoms with E-state index in [0.29, 0.717) is 0 Å². The minimum Gasteiger partial charge on any atom is -0.696 e. The van der Waals surface area contributed by atoms with Crippen molar-refractivity contribution in [3.63, 3.8) is 0 Å². The molecule has 0 heterocycles. The molecule has 85 valence electrons. The van der Waals surface area contributed by atoms with Crippen LogP contribution >= 0.6 is 0 Å². The minimum absolute atomic E-state index is 0. The van der Waals surface area contributed by atoms with Crippen LogP contribution in [0.5, 0.6) is 0 Å². The molecule has 0 aliphatic rings. The van der Waals surface area contributed by atoms with Crippen molar-refractivity contribution in [3.8, 4) is 27.0 Å². The molecule has 0 saturated heterocycles. The van der Waals surface area contributed by atoms with Gasteiger partial charge in [-0.15, -0.1) is 0 Å². The molecule has 0 rings (SSSR count). The Morgan fingerprint density at radius 1 is 0.438 bits per heavy atom. The SMILES string of the molecule is N#C[S-].N#C[S-].N#C[S-].N#C[S-].N#C[S-].[V]. The van der Waals surface area contributed by atoms with E-state index in [1.807, 2.05) is 0 Å². The van der Waals surface area contributed by atoms with Crippen LogP contribution in [0.2, 0.25) is 0 Å². The van der Waals surface area contributed by atoms with E-state index >= 15 is 0 Å². The molecule has 11 heteroatoms. The number of nitrogens with zero attached hydrogens (tertiary/aromatic N) is 5. The molecule has 0 saturated carbocycles. The Balaban J connectivity index is -0.0000000192. The standard InChI is InChI=1S/5CHNS.V/c5*2-1-3;/h5*3H;/p-5. The Bertz CT molecular complexity index is 206. The fraction of sp³-hybridized carbons (Fsp3) is 0. The molecule has 0 amide bonds. The zero-order valence-electron chi connectivity index (χ0n) is 7.22. The number of thiocyanates is 5.